The van der Waals surface area contributed by atoms with Crippen molar-refractivity contribution < 1.29 is 0 Å². The minimum atomic E-state index is 0.0564. The van der Waals surface area contributed by atoms with Crippen LogP contribution in [0.25, 0.3) is 0 Å². The molecule has 128 valence electrons. The molecule has 0 N–H and O–H groups in total. The monoisotopic (exact) mass is 314 g/mol. The van der Waals surface area contributed by atoms with Gasteiger partial charge < -0.3 is 9.80 Å². The highest BCUT2D eigenvalue weighted by atomic mass is 28.2. The molecule has 0 spiro atoms. The number of nitrogens with zero attached hydrogens (tertiary/aromatic N) is 2. The zero-order valence-electron chi connectivity index (χ0n) is 15.5. The largest absolute Gasteiger partial charge is 0.307 e. The van der Waals surface area contributed by atoms with Gasteiger partial charge in [0.05, 0.1) is 9.52 Å². The van der Waals surface area contributed by atoms with E-state index in [1.54, 1.807) is 0 Å². The minimum Gasteiger partial charge on any atom is -0.307 e. The third kappa shape index (κ3) is 13.5. The molecule has 0 saturated heterocycles. The average molecular weight is 315 g/mol. The Balaban J connectivity index is 3.96. The fourth-order valence-corrected chi connectivity index (χ4v) is 4.65. The van der Waals surface area contributed by atoms with Crippen LogP contribution in [0.4, 0.5) is 0 Å². The highest BCUT2D eigenvalue weighted by Gasteiger charge is 2.07. The molecule has 0 aromatic carbocycles. The molecule has 2 nitrogen and oxygen atoms in total. The second-order valence-corrected chi connectivity index (χ2v) is 8.05. The van der Waals surface area contributed by atoms with E-state index in [4.69, 9.17) is 0 Å². The van der Waals surface area contributed by atoms with E-state index in [1.165, 1.54) is 89.9 Å². The summed E-state index contributed by atoms with van der Waals surface area (Å²) in [6.07, 6.45) is 13.8. The van der Waals surface area contributed by atoms with Gasteiger partial charge in [-0.1, -0.05) is 53.4 Å². The lowest BCUT2D eigenvalue weighted by Gasteiger charge is -2.25. The smallest absolute Gasteiger partial charge is 0.0533 e. The number of hydrogen-bond donors (Lipinski definition) is 0. The minimum absolute atomic E-state index is 0.0564. The summed E-state index contributed by atoms with van der Waals surface area (Å²) in [5.41, 5.74) is 0. The van der Waals surface area contributed by atoms with Gasteiger partial charge in [0.25, 0.3) is 0 Å². The van der Waals surface area contributed by atoms with E-state index < -0.39 is 0 Å². The highest BCUT2D eigenvalue weighted by Crippen LogP contribution is 2.01. The van der Waals surface area contributed by atoms with Crippen molar-refractivity contribution in [1.29, 1.82) is 0 Å². The third-order valence-corrected chi connectivity index (χ3v) is 6.16. The van der Waals surface area contributed by atoms with Crippen molar-refractivity contribution in [2.24, 2.45) is 0 Å². The van der Waals surface area contributed by atoms with Crippen molar-refractivity contribution in [3.8, 4) is 0 Å². The van der Waals surface area contributed by atoms with Gasteiger partial charge in [-0.3, -0.25) is 0 Å². The Morgan fingerprint density at radius 1 is 0.524 bits per heavy atom. The maximum atomic E-state index is 2.76. The molecule has 0 aliphatic carbocycles. The molecule has 0 heterocycles. The van der Waals surface area contributed by atoms with Crippen LogP contribution in [-0.4, -0.2) is 57.8 Å². The zero-order valence-corrected chi connectivity index (χ0v) is 16.9. The topological polar surface area (TPSA) is 6.48 Å². The molecule has 0 aromatic rings. The molecule has 0 aliphatic rings. The summed E-state index contributed by atoms with van der Waals surface area (Å²) in [6, 6.07) is 0. The van der Waals surface area contributed by atoms with Gasteiger partial charge in [-0.15, -0.1) is 0 Å². The summed E-state index contributed by atoms with van der Waals surface area (Å²) in [4.78, 5) is 5.52. The summed E-state index contributed by atoms with van der Waals surface area (Å²) in [5, 5.41) is 0. The van der Waals surface area contributed by atoms with E-state index in [2.05, 4.69) is 37.5 Å². The van der Waals surface area contributed by atoms with Gasteiger partial charge in [0.15, 0.2) is 0 Å². The average Bonchev–Trinajstić information content (AvgIpc) is 2.51. The summed E-state index contributed by atoms with van der Waals surface area (Å²) < 4.78 is 0. The fourth-order valence-electron chi connectivity index (χ4n) is 2.72. The Hall–Kier alpha value is 0.137. The van der Waals surface area contributed by atoms with Gasteiger partial charge in [0.1, 0.15) is 0 Å². The predicted molar refractivity (Wildman–Crippen MR) is 101 cm³/mol. The molecule has 0 radical (unpaired) electrons. The predicted octanol–water partition coefficient (Wildman–Crippen LogP) is 3.87. The second kappa shape index (κ2) is 16.5. The molecule has 0 bridgehead atoms. The first-order valence-electron chi connectivity index (χ1n) is 9.73. The molecule has 0 fully saturated rings. The number of rotatable bonds is 16. The van der Waals surface area contributed by atoms with Crippen LogP contribution in [0.15, 0.2) is 0 Å². The molecular weight excluding hydrogens is 272 g/mol. The van der Waals surface area contributed by atoms with E-state index >= 15 is 0 Å². The molecule has 21 heavy (non-hydrogen) atoms. The Morgan fingerprint density at radius 3 is 1.05 bits per heavy atom. The van der Waals surface area contributed by atoms with Crippen molar-refractivity contribution in [3.05, 3.63) is 0 Å². The Bertz CT molecular complexity index is 164. The third-order valence-electron chi connectivity index (χ3n) is 4.26. The fraction of sp³-hybridized carbons (Fsp3) is 1.00. The lowest BCUT2D eigenvalue weighted by Crippen LogP contribution is -2.37. The molecule has 0 rings (SSSR count). The quantitative estimate of drug-likeness (QED) is 0.399. The van der Waals surface area contributed by atoms with Gasteiger partial charge in [-0.2, -0.15) is 0 Å². The SMILES string of the molecule is CCCCN(CCCC)C[SiH2]CN(CCCC)CCCC. The molecule has 0 unspecified atom stereocenters. The summed E-state index contributed by atoms with van der Waals surface area (Å²) >= 11 is 0. The van der Waals surface area contributed by atoms with Crippen molar-refractivity contribution in [2.75, 3.05) is 38.5 Å². The van der Waals surface area contributed by atoms with Crippen molar-refractivity contribution >= 4 is 9.52 Å². The maximum Gasteiger partial charge on any atom is 0.0533 e. The van der Waals surface area contributed by atoms with Crippen LogP contribution in [0.1, 0.15) is 79.1 Å². The molecule has 0 amide bonds. The molecule has 0 saturated carbocycles. The first-order valence-corrected chi connectivity index (χ1v) is 11.7. The van der Waals surface area contributed by atoms with Gasteiger partial charge >= 0.3 is 0 Å². The van der Waals surface area contributed by atoms with Crippen LogP contribution in [0.2, 0.25) is 0 Å². The summed E-state index contributed by atoms with van der Waals surface area (Å²) in [5.74, 6) is 0. The van der Waals surface area contributed by atoms with Gasteiger partial charge in [0.2, 0.25) is 0 Å². The van der Waals surface area contributed by atoms with Crippen LogP contribution >= 0.6 is 0 Å². The first kappa shape index (κ1) is 21.1. The zero-order chi connectivity index (χ0) is 15.8. The lowest BCUT2D eigenvalue weighted by atomic mass is 10.3. The van der Waals surface area contributed by atoms with Gasteiger partial charge in [0, 0.05) is 0 Å². The first-order chi connectivity index (χ1) is 10.3. The van der Waals surface area contributed by atoms with Crippen LogP contribution in [0.5, 0.6) is 0 Å². The summed E-state index contributed by atoms with van der Waals surface area (Å²) in [7, 11) is 0.0564. The number of unbranched alkanes of at least 4 members (excludes halogenated alkanes) is 4. The Labute approximate surface area is 137 Å². The molecule has 0 aromatic heterocycles. The van der Waals surface area contributed by atoms with E-state index in [9.17, 15) is 0 Å². The maximum absolute atomic E-state index is 2.76. The molecule has 0 atom stereocenters. The van der Waals surface area contributed by atoms with E-state index in [-0.39, 0.29) is 9.52 Å². The molecule has 0 aliphatic heterocycles. The lowest BCUT2D eigenvalue weighted by molar-refractivity contribution is 0.288. The normalized spacial score (nSPS) is 11.7. The standard InChI is InChI=1S/C18H42N2Si/c1-5-9-13-19(14-10-6-2)17-21-18-20(15-11-7-3)16-12-8-4/h5-18,21H2,1-4H3. The van der Waals surface area contributed by atoms with Crippen molar-refractivity contribution in [3.63, 3.8) is 0 Å². The second-order valence-electron chi connectivity index (χ2n) is 6.45. The molecular formula is C18H42N2Si. The Morgan fingerprint density at radius 2 is 0.810 bits per heavy atom. The molecule has 3 heteroatoms. The van der Waals surface area contributed by atoms with E-state index in [1.807, 2.05) is 0 Å². The summed E-state index contributed by atoms with van der Waals surface area (Å²) in [6.45, 7) is 14.6. The van der Waals surface area contributed by atoms with Crippen LogP contribution in [0, 0.1) is 0 Å². The van der Waals surface area contributed by atoms with Crippen molar-refractivity contribution in [1.82, 2.24) is 9.80 Å². The number of hydrogen-bond acceptors (Lipinski definition) is 2. The Kier molecular flexibility index (Phi) is 16.6. The van der Waals surface area contributed by atoms with Crippen LogP contribution < -0.4 is 0 Å². The van der Waals surface area contributed by atoms with Crippen LogP contribution in [0.3, 0.4) is 0 Å². The van der Waals surface area contributed by atoms with Gasteiger partial charge in [-0.25, -0.2) is 0 Å². The van der Waals surface area contributed by atoms with E-state index in [0.717, 1.165) is 0 Å². The van der Waals surface area contributed by atoms with E-state index in [0.29, 0.717) is 0 Å². The highest BCUT2D eigenvalue weighted by molar-refractivity contribution is 6.35. The van der Waals surface area contributed by atoms with Gasteiger partial charge in [-0.05, 0) is 64.2 Å². The van der Waals surface area contributed by atoms with Crippen molar-refractivity contribution in [2.45, 2.75) is 79.1 Å². The van der Waals surface area contributed by atoms with Crippen LogP contribution in [-0.2, 0) is 0 Å².